The molecule has 1 aromatic rings. The third kappa shape index (κ3) is 1.79. The highest BCUT2D eigenvalue weighted by molar-refractivity contribution is 9.10. The molecule has 70 valence electrons. The summed E-state index contributed by atoms with van der Waals surface area (Å²) in [7, 11) is 0. The van der Waals surface area contributed by atoms with Gasteiger partial charge in [-0.1, -0.05) is 0 Å². The SMILES string of the molecule is Cc1sc(C2CCC(=O)O2)cc1Br. The standard InChI is InChI=1S/C9H9BrO2S/c1-5-6(10)4-8(13-5)7-2-3-9(11)12-7/h4,7H,2-3H2,1H3. The van der Waals surface area contributed by atoms with Crippen LogP contribution in [0, 0.1) is 6.92 Å². The predicted octanol–water partition coefficient (Wildman–Crippen LogP) is 3.20. The smallest absolute Gasteiger partial charge is 0.306 e. The lowest BCUT2D eigenvalue weighted by Crippen LogP contribution is -1.95. The summed E-state index contributed by atoms with van der Waals surface area (Å²) in [5, 5.41) is 0. The topological polar surface area (TPSA) is 26.3 Å². The summed E-state index contributed by atoms with van der Waals surface area (Å²) in [5.41, 5.74) is 0. The van der Waals surface area contributed by atoms with Gasteiger partial charge < -0.3 is 4.74 Å². The maximum absolute atomic E-state index is 10.9. The lowest BCUT2D eigenvalue weighted by Gasteiger charge is -2.04. The highest BCUT2D eigenvalue weighted by Crippen LogP contribution is 2.37. The Morgan fingerprint density at radius 3 is 2.92 bits per heavy atom. The van der Waals surface area contributed by atoms with Gasteiger partial charge in [0.2, 0.25) is 0 Å². The van der Waals surface area contributed by atoms with E-state index < -0.39 is 0 Å². The number of carbonyl (C=O) groups is 1. The van der Waals surface area contributed by atoms with Crippen molar-refractivity contribution in [3.05, 3.63) is 20.3 Å². The number of hydrogen-bond donors (Lipinski definition) is 0. The van der Waals surface area contributed by atoms with Crippen LogP contribution in [0.25, 0.3) is 0 Å². The Morgan fingerprint density at radius 1 is 1.69 bits per heavy atom. The van der Waals surface area contributed by atoms with Crippen LogP contribution in [0.1, 0.15) is 28.7 Å². The maximum atomic E-state index is 10.9. The van der Waals surface area contributed by atoms with Crippen LogP contribution in [-0.2, 0) is 9.53 Å². The number of hydrogen-bond acceptors (Lipinski definition) is 3. The number of ether oxygens (including phenoxy) is 1. The highest BCUT2D eigenvalue weighted by atomic mass is 79.9. The molecule has 2 nitrogen and oxygen atoms in total. The van der Waals surface area contributed by atoms with E-state index in [0.29, 0.717) is 6.42 Å². The van der Waals surface area contributed by atoms with Crippen LogP contribution in [0.4, 0.5) is 0 Å². The summed E-state index contributed by atoms with van der Waals surface area (Å²) in [6.07, 6.45) is 1.38. The summed E-state index contributed by atoms with van der Waals surface area (Å²) in [6.45, 7) is 2.05. The van der Waals surface area contributed by atoms with Crippen molar-refractivity contribution in [3.8, 4) is 0 Å². The summed E-state index contributed by atoms with van der Waals surface area (Å²) in [5.74, 6) is -0.0767. The minimum atomic E-state index is -0.0767. The van der Waals surface area contributed by atoms with E-state index in [-0.39, 0.29) is 12.1 Å². The predicted molar refractivity (Wildman–Crippen MR) is 54.8 cm³/mol. The first kappa shape index (κ1) is 9.21. The third-order valence-corrected chi connectivity index (χ3v) is 4.31. The fourth-order valence-corrected chi connectivity index (χ4v) is 2.99. The van der Waals surface area contributed by atoms with Gasteiger partial charge in [0.1, 0.15) is 6.10 Å². The average molecular weight is 261 g/mol. The molecule has 0 radical (unpaired) electrons. The van der Waals surface area contributed by atoms with Crippen LogP contribution in [0.15, 0.2) is 10.5 Å². The Hall–Kier alpha value is -0.350. The molecule has 1 unspecified atom stereocenters. The van der Waals surface area contributed by atoms with Crippen molar-refractivity contribution in [2.75, 3.05) is 0 Å². The monoisotopic (exact) mass is 260 g/mol. The molecule has 1 atom stereocenters. The van der Waals surface area contributed by atoms with Gasteiger partial charge in [0.25, 0.3) is 0 Å². The van der Waals surface area contributed by atoms with E-state index in [0.717, 1.165) is 15.8 Å². The Labute approximate surface area is 89.0 Å². The van der Waals surface area contributed by atoms with Gasteiger partial charge in [-0.05, 0) is 35.3 Å². The quantitative estimate of drug-likeness (QED) is 0.725. The van der Waals surface area contributed by atoms with E-state index in [9.17, 15) is 4.79 Å². The van der Waals surface area contributed by atoms with Gasteiger partial charge in [-0.25, -0.2) is 0 Å². The molecule has 1 aliphatic heterocycles. The molecule has 0 aromatic carbocycles. The molecule has 0 aliphatic carbocycles. The molecular weight excluding hydrogens is 252 g/mol. The molecule has 0 saturated carbocycles. The summed E-state index contributed by atoms with van der Waals surface area (Å²) in [6, 6.07) is 2.04. The first-order valence-electron chi connectivity index (χ1n) is 4.12. The van der Waals surface area contributed by atoms with Crippen molar-refractivity contribution in [3.63, 3.8) is 0 Å². The molecular formula is C9H9BrO2S. The summed E-state index contributed by atoms with van der Waals surface area (Å²) in [4.78, 5) is 13.3. The zero-order valence-electron chi connectivity index (χ0n) is 7.17. The molecule has 13 heavy (non-hydrogen) atoms. The van der Waals surface area contributed by atoms with E-state index in [1.165, 1.54) is 4.88 Å². The normalized spacial score (nSPS) is 22.0. The Morgan fingerprint density at radius 2 is 2.46 bits per heavy atom. The summed E-state index contributed by atoms with van der Waals surface area (Å²) >= 11 is 5.14. The largest absolute Gasteiger partial charge is 0.457 e. The molecule has 0 bridgehead atoms. The number of halogens is 1. The molecule has 1 saturated heterocycles. The number of carbonyl (C=O) groups excluding carboxylic acids is 1. The zero-order chi connectivity index (χ0) is 9.42. The lowest BCUT2D eigenvalue weighted by atomic mass is 10.2. The average Bonchev–Trinajstić information content (AvgIpc) is 2.61. The number of rotatable bonds is 1. The van der Waals surface area contributed by atoms with E-state index >= 15 is 0 Å². The first-order valence-corrected chi connectivity index (χ1v) is 5.73. The first-order chi connectivity index (χ1) is 6.16. The van der Waals surface area contributed by atoms with E-state index in [2.05, 4.69) is 22.9 Å². The van der Waals surface area contributed by atoms with Crippen molar-refractivity contribution >= 4 is 33.2 Å². The van der Waals surface area contributed by atoms with Gasteiger partial charge in [-0.3, -0.25) is 4.79 Å². The molecule has 4 heteroatoms. The van der Waals surface area contributed by atoms with Crippen LogP contribution < -0.4 is 0 Å². The van der Waals surface area contributed by atoms with Crippen LogP contribution in [-0.4, -0.2) is 5.97 Å². The highest BCUT2D eigenvalue weighted by Gasteiger charge is 2.26. The van der Waals surface area contributed by atoms with Crippen LogP contribution in [0.3, 0.4) is 0 Å². The zero-order valence-corrected chi connectivity index (χ0v) is 9.57. The molecule has 0 amide bonds. The molecule has 1 aliphatic rings. The fraction of sp³-hybridized carbons (Fsp3) is 0.444. The van der Waals surface area contributed by atoms with Crippen molar-refractivity contribution < 1.29 is 9.53 Å². The molecule has 2 heterocycles. The molecule has 2 rings (SSSR count). The lowest BCUT2D eigenvalue weighted by molar-refractivity contribution is -0.141. The number of esters is 1. The third-order valence-electron chi connectivity index (χ3n) is 2.08. The number of cyclic esters (lactones) is 1. The van der Waals surface area contributed by atoms with Crippen molar-refractivity contribution in [1.82, 2.24) is 0 Å². The van der Waals surface area contributed by atoms with Crippen molar-refractivity contribution in [2.24, 2.45) is 0 Å². The van der Waals surface area contributed by atoms with Gasteiger partial charge in [-0.2, -0.15) is 0 Å². The molecule has 1 fully saturated rings. The van der Waals surface area contributed by atoms with Crippen LogP contribution >= 0.6 is 27.3 Å². The Bertz CT molecular complexity index is 326. The van der Waals surface area contributed by atoms with E-state index in [1.807, 2.05) is 6.07 Å². The second-order valence-electron chi connectivity index (χ2n) is 3.07. The van der Waals surface area contributed by atoms with Crippen molar-refractivity contribution in [1.29, 1.82) is 0 Å². The molecule has 1 aromatic heterocycles. The minimum Gasteiger partial charge on any atom is -0.457 e. The van der Waals surface area contributed by atoms with Gasteiger partial charge in [-0.15, -0.1) is 11.3 Å². The summed E-state index contributed by atoms with van der Waals surface area (Å²) < 4.78 is 6.27. The minimum absolute atomic E-state index is 0.00231. The van der Waals surface area contributed by atoms with Gasteiger partial charge in [0.15, 0.2) is 0 Å². The van der Waals surface area contributed by atoms with E-state index in [1.54, 1.807) is 11.3 Å². The van der Waals surface area contributed by atoms with E-state index in [4.69, 9.17) is 4.74 Å². The van der Waals surface area contributed by atoms with Crippen LogP contribution in [0.2, 0.25) is 0 Å². The Balaban J connectivity index is 2.21. The maximum Gasteiger partial charge on any atom is 0.306 e. The fourth-order valence-electron chi connectivity index (χ4n) is 1.37. The van der Waals surface area contributed by atoms with Gasteiger partial charge in [0.05, 0.1) is 0 Å². The molecule has 0 spiro atoms. The van der Waals surface area contributed by atoms with Gasteiger partial charge in [0, 0.05) is 20.6 Å². The second kappa shape index (κ2) is 3.42. The molecule has 0 N–H and O–H groups in total. The number of thiophene rings is 1. The Kier molecular flexibility index (Phi) is 2.43. The van der Waals surface area contributed by atoms with Crippen molar-refractivity contribution in [2.45, 2.75) is 25.9 Å². The second-order valence-corrected chi connectivity index (χ2v) is 5.21. The van der Waals surface area contributed by atoms with Gasteiger partial charge >= 0.3 is 5.97 Å². The van der Waals surface area contributed by atoms with Crippen LogP contribution in [0.5, 0.6) is 0 Å². The number of aryl methyl sites for hydroxylation is 1.